The Morgan fingerprint density at radius 1 is 0.774 bits per heavy atom. The van der Waals surface area contributed by atoms with E-state index >= 15 is 0 Å². The zero-order valence-corrected chi connectivity index (χ0v) is 21.2. The molecule has 0 bridgehead atoms. The minimum Gasteiger partial charge on any atom is -0.534 e. The molecular formula is C28H29BrOSi. The van der Waals surface area contributed by atoms with Gasteiger partial charge in [0.05, 0.1) is 0 Å². The van der Waals surface area contributed by atoms with Crippen LogP contribution in [0.3, 0.4) is 0 Å². The second kappa shape index (κ2) is 8.64. The molecule has 4 rings (SSSR count). The summed E-state index contributed by atoms with van der Waals surface area (Å²) in [5.41, 5.74) is 2.65. The van der Waals surface area contributed by atoms with Crippen LogP contribution >= 0.6 is 15.9 Å². The summed E-state index contributed by atoms with van der Waals surface area (Å²) in [5, 5.41) is 5.90. The monoisotopic (exact) mass is 488 g/mol. The van der Waals surface area contributed by atoms with Crippen LogP contribution in [0.1, 0.15) is 31.9 Å². The van der Waals surface area contributed by atoms with Crippen LogP contribution in [0, 0.1) is 6.92 Å². The lowest BCUT2D eigenvalue weighted by Crippen LogP contribution is -2.68. The highest BCUT2D eigenvalue weighted by Gasteiger charge is 2.52. The van der Waals surface area contributed by atoms with Crippen molar-refractivity contribution in [3.05, 3.63) is 102 Å². The molecule has 0 radical (unpaired) electrons. The molecule has 3 heteroatoms. The van der Waals surface area contributed by atoms with Crippen molar-refractivity contribution in [3.8, 4) is 5.75 Å². The van der Waals surface area contributed by atoms with Gasteiger partial charge >= 0.3 is 8.32 Å². The zero-order chi connectivity index (χ0) is 22.1. The molecule has 0 amide bonds. The molecule has 31 heavy (non-hydrogen) atoms. The normalized spacial score (nSPS) is 12.2. The van der Waals surface area contributed by atoms with E-state index in [1.165, 1.54) is 32.3 Å². The van der Waals surface area contributed by atoms with Gasteiger partial charge in [-0.25, -0.2) is 0 Å². The Hall–Kier alpha value is -2.36. The van der Waals surface area contributed by atoms with Gasteiger partial charge in [-0.05, 0) is 56.4 Å². The summed E-state index contributed by atoms with van der Waals surface area (Å²) < 4.78 is 7.17. The average molecular weight is 490 g/mol. The van der Waals surface area contributed by atoms with Crippen molar-refractivity contribution in [3.63, 3.8) is 0 Å². The Morgan fingerprint density at radius 2 is 1.35 bits per heavy atom. The Kier molecular flexibility index (Phi) is 6.09. The van der Waals surface area contributed by atoms with Crippen LogP contribution in [-0.2, 0) is 5.33 Å². The van der Waals surface area contributed by atoms with Crippen molar-refractivity contribution in [1.82, 2.24) is 0 Å². The lowest BCUT2D eigenvalue weighted by atomic mass is 10.0. The molecule has 0 atom stereocenters. The average Bonchev–Trinajstić information content (AvgIpc) is 2.78. The van der Waals surface area contributed by atoms with Crippen LogP contribution in [0.2, 0.25) is 5.04 Å². The number of fused-ring (bicyclic) bond motifs is 1. The van der Waals surface area contributed by atoms with Crippen molar-refractivity contribution in [2.24, 2.45) is 0 Å². The van der Waals surface area contributed by atoms with Gasteiger partial charge in [0, 0.05) is 5.33 Å². The Balaban J connectivity index is 1.91. The number of hydrogen-bond donors (Lipinski definition) is 0. The van der Waals surface area contributed by atoms with Crippen molar-refractivity contribution >= 4 is 45.4 Å². The predicted molar refractivity (Wildman–Crippen MR) is 140 cm³/mol. The first-order chi connectivity index (χ1) is 14.9. The maximum Gasteiger partial charge on any atom is 0.319 e. The first-order valence-corrected chi connectivity index (χ1v) is 13.8. The molecule has 0 aromatic heterocycles. The van der Waals surface area contributed by atoms with Crippen molar-refractivity contribution < 1.29 is 4.43 Å². The van der Waals surface area contributed by atoms with Gasteiger partial charge in [-0.15, -0.1) is 0 Å². The fraction of sp³-hybridized carbons (Fsp3) is 0.214. The molecular weight excluding hydrogens is 460 g/mol. The topological polar surface area (TPSA) is 9.23 Å². The van der Waals surface area contributed by atoms with E-state index in [0.717, 1.165) is 11.1 Å². The highest BCUT2D eigenvalue weighted by Crippen LogP contribution is 2.38. The largest absolute Gasteiger partial charge is 0.534 e. The van der Waals surface area contributed by atoms with E-state index in [4.69, 9.17) is 4.43 Å². The lowest BCUT2D eigenvalue weighted by Gasteiger charge is -2.43. The summed E-state index contributed by atoms with van der Waals surface area (Å²) >= 11 is 3.60. The number of hydrogen-bond acceptors (Lipinski definition) is 1. The third-order valence-electron chi connectivity index (χ3n) is 6.20. The molecule has 0 spiro atoms. The fourth-order valence-corrected chi connectivity index (χ4v) is 9.56. The third-order valence-corrected chi connectivity index (χ3v) is 11.8. The minimum atomic E-state index is -2.62. The SMILES string of the molecule is Cc1c(CBr)ccc2cc(O[Si](c3ccccc3)(c3ccccc3)C(C)(C)C)ccc12. The maximum atomic E-state index is 7.17. The molecule has 0 aliphatic heterocycles. The van der Waals surface area contributed by atoms with Gasteiger partial charge in [0.1, 0.15) is 5.75 Å². The standard InChI is InChI=1S/C28H29BrOSi/c1-21-23(20-29)16-15-22-19-24(17-18-27(21)22)30-31(28(2,3)4,25-11-7-5-8-12-25)26-13-9-6-10-14-26/h5-19H,20H2,1-4H3. The highest BCUT2D eigenvalue weighted by molar-refractivity contribution is 9.08. The van der Waals surface area contributed by atoms with Gasteiger partial charge in [-0.1, -0.05) is 116 Å². The molecule has 158 valence electrons. The van der Waals surface area contributed by atoms with Crippen molar-refractivity contribution in [1.29, 1.82) is 0 Å². The smallest absolute Gasteiger partial charge is 0.319 e. The number of halogens is 1. The Morgan fingerprint density at radius 3 is 1.87 bits per heavy atom. The summed E-state index contributed by atoms with van der Waals surface area (Å²) in [5.74, 6) is 0.938. The lowest BCUT2D eigenvalue weighted by molar-refractivity contribution is 0.509. The quantitative estimate of drug-likeness (QED) is 0.217. The van der Waals surface area contributed by atoms with Gasteiger partial charge in [-0.3, -0.25) is 0 Å². The third kappa shape index (κ3) is 3.97. The summed E-state index contributed by atoms with van der Waals surface area (Å²) in [4.78, 5) is 0. The van der Waals surface area contributed by atoms with Crippen LogP contribution in [-0.4, -0.2) is 8.32 Å². The molecule has 4 aromatic rings. The molecule has 0 N–H and O–H groups in total. The Bertz CT molecular complexity index is 1140. The van der Waals surface area contributed by atoms with Crippen LogP contribution < -0.4 is 14.8 Å². The van der Waals surface area contributed by atoms with Gasteiger partial charge in [0.15, 0.2) is 0 Å². The first-order valence-electron chi connectivity index (χ1n) is 10.7. The molecule has 1 nitrogen and oxygen atoms in total. The highest BCUT2D eigenvalue weighted by atomic mass is 79.9. The first kappa shape index (κ1) is 21.9. The summed E-state index contributed by atoms with van der Waals surface area (Å²) in [7, 11) is -2.62. The van der Waals surface area contributed by atoms with E-state index in [9.17, 15) is 0 Å². The molecule has 0 heterocycles. The van der Waals surface area contributed by atoms with E-state index in [1.807, 2.05) is 0 Å². The van der Waals surface area contributed by atoms with Gasteiger partial charge in [0.2, 0.25) is 0 Å². The van der Waals surface area contributed by atoms with E-state index in [-0.39, 0.29) is 5.04 Å². The van der Waals surface area contributed by atoms with Crippen molar-refractivity contribution in [2.45, 2.75) is 38.1 Å². The van der Waals surface area contributed by atoms with Crippen LogP contribution in [0.25, 0.3) is 10.8 Å². The van der Waals surface area contributed by atoms with Crippen LogP contribution in [0.5, 0.6) is 5.75 Å². The van der Waals surface area contributed by atoms with Crippen LogP contribution in [0.15, 0.2) is 91.0 Å². The van der Waals surface area contributed by atoms with E-state index in [1.54, 1.807) is 0 Å². The number of rotatable bonds is 5. The number of alkyl halides is 1. The van der Waals surface area contributed by atoms with Crippen molar-refractivity contribution in [2.75, 3.05) is 0 Å². The minimum absolute atomic E-state index is 0.0552. The molecule has 0 fully saturated rings. The second-order valence-electron chi connectivity index (χ2n) is 9.13. The Labute approximate surface area is 195 Å². The number of aryl methyl sites for hydroxylation is 1. The molecule has 4 aromatic carbocycles. The van der Waals surface area contributed by atoms with Gasteiger partial charge in [0.25, 0.3) is 0 Å². The van der Waals surface area contributed by atoms with Gasteiger partial charge < -0.3 is 4.43 Å². The summed E-state index contributed by atoms with van der Waals surface area (Å²) in [6.45, 7) is 9.13. The van der Waals surface area contributed by atoms with Crippen LogP contribution in [0.4, 0.5) is 0 Å². The summed E-state index contributed by atoms with van der Waals surface area (Å²) in [6, 6.07) is 32.6. The zero-order valence-electron chi connectivity index (χ0n) is 18.7. The van der Waals surface area contributed by atoms with E-state index in [2.05, 4.69) is 135 Å². The predicted octanol–water partition coefficient (Wildman–Crippen LogP) is 6.98. The van der Waals surface area contributed by atoms with E-state index in [0.29, 0.717) is 0 Å². The number of benzene rings is 4. The molecule has 0 saturated heterocycles. The second-order valence-corrected chi connectivity index (χ2v) is 13.9. The maximum absolute atomic E-state index is 7.17. The fourth-order valence-electron chi connectivity index (χ4n) is 4.54. The molecule has 0 saturated carbocycles. The summed E-state index contributed by atoms with van der Waals surface area (Å²) in [6.07, 6.45) is 0. The molecule has 0 aliphatic carbocycles. The molecule has 0 unspecified atom stereocenters. The van der Waals surface area contributed by atoms with E-state index < -0.39 is 8.32 Å². The van der Waals surface area contributed by atoms with Gasteiger partial charge in [-0.2, -0.15) is 0 Å². The molecule has 0 aliphatic rings.